The molecule has 0 saturated heterocycles. The van der Waals surface area contributed by atoms with E-state index < -0.39 is 5.54 Å². The third kappa shape index (κ3) is 4.16. The summed E-state index contributed by atoms with van der Waals surface area (Å²) in [5.74, 6) is -0.159. The van der Waals surface area contributed by atoms with Crippen LogP contribution in [-0.4, -0.2) is 28.3 Å². The highest BCUT2D eigenvalue weighted by Gasteiger charge is 2.20. The first-order valence-electron chi connectivity index (χ1n) is 5.27. The highest BCUT2D eigenvalue weighted by Crippen LogP contribution is 2.21. The van der Waals surface area contributed by atoms with Crippen LogP contribution in [0.3, 0.4) is 0 Å². The molecule has 0 saturated carbocycles. The Balaban J connectivity index is 2.80. The van der Waals surface area contributed by atoms with E-state index in [1.54, 1.807) is 12.1 Å². The molecule has 0 radical (unpaired) electrons. The second-order valence-electron chi connectivity index (χ2n) is 4.48. The van der Waals surface area contributed by atoms with Gasteiger partial charge in [-0.05, 0) is 61.1 Å². The lowest BCUT2D eigenvalue weighted by molar-refractivity contribution is 0.0899. The molecule has 0 unspecified atom stereocenters. The molecule has 0 bridgehead atoms. The molecule has 4 nitrogen and oxygen atoms in total. The summed E-state index contributed by atoms with van der Waals surface area (Å²) in [7, 11) is 0. The molecule has 0 aliphatic carbocycles. The smallest absolute Gasteiger partial charge is 0.251 e. The standard InChI is InChI=1S/C12H16INO3/c1-12(2,5-6-15)14-11(17)8-3-4-9(13)10(16)7-8/h3-4,7,15-16H,5-6H2,1-2H3,(H,14,17). The van der Waals surface area contributed by atoms with Crippen molar-refractivity contribution in [2.75, 3.05) is 6.61 Å². The van der Waals surface area contributed by atoms with Crippen molar-refractivity contribution in [3.05, 3.63) is 27.3 Å². The van der Waals surface area contributed by atoms with E-state index in [4.69, 9.17) is 5.11 Å². The number of phenols is 1. The molecule has 1 aromatic rings. The molecule has 94 valence electrons. The average Bonchev–Trinajstić information content (AvgIpc) is 2.21. The van der Waals surface area contributed by atoms with E-state index in [9.17, 15) is 9.90 Å². The number of halogens is 1. The summed E-state index contributed by atoms with van der Waals surface area (Å²) in [5.41, 5.74) is -0.0568. The highest BCUT2D eigenvalue weighted by molar-refractivity contribution is 14.1. The maximum Gasteiger partial charge on any atom is 0.251 e. The Morgan fingerprint density at radius 3 is 2.65 bits per heavy atom. The maximum absolute atomic E-state index is 11.9. The molecule has 0 aliphatic rings. The van der Waals surface area contributed by atoms with E-state index in [0.717, 1.165) is 0 Å². The second kappa shape index (κ2) is 5.68. The first-order chi connectivity index (χ1) is 7.85. The molecule has 3 N–H and O–H groups in total. The highest BCUT2D eigenvalue weighted by atomic mass is 127. The number of rotatable bonds is 4. The molecule has 0 aliphatic heterocycles. The number of carbonyl (C=O) groups excluding carboxylic acids is 1. The molecule has 17 heavy (non-hydrogen) atoms. The number of benzene rings is 1. The minimum absolute atomic E-state index is 0.0191. The minimum Gasteiger partial charge on any atom is -0.507 e. The molecule has 1 aromatic carbocycles. The van der Waals surface area contributed by atoms with Crippen LogP contribution in [0.2, 0.25) is 0 Å². The summed E-state index contributed by atoms with van der Waals surface area (Å²) in [6.45, 7) is 3.70. The number of carbonyl (C=O) groups is 1. The number of aromatic hydroxyl groups is 1. The maximum atomic E-state index is 11.9. The molecular weight excluding hydrogens is 333 g/mol. The molecular formula is C12H16INO3. The van der Waals surface area contributed by atoms with Crippen molar-refractivity contribution < 1.29 is 15.0 Å². The molecule has 0 heterocycles. The van der Waals surface area contributed by atoms with E-state index in [1.165, 1.54) is 6.07 Å². The first-order valence-corrected chi connectivity index (χ1v) is 6.35. The average molecular weight is 349 g/mol. The summed E-state index contributed by atoms with van der Waals surface area (Å²) >= 11 is 1.99. The quantitative estimate of drug-likeness (QED) is 0.727. The minimum atomic E-state index is -0.468. The number of nitrogens with one attached hydrogen (secondary N) is 1. The van der Waals surface area contributed by atoms with Crippen molar-refractivity contribution in [1.29, 1.82) is 0 Å². The predicted octanol–water partition coefficient (Wildman–Crippen LogP) is 1.89. The van der Waals surface area contributed by atoms with Crippen molar-refractivity contribution in [2.24, 2.45) is 0 Å². The predicted molar refractivity (Wildman–Crippen MR) is 74.1 cm³/mol. The van der Waals surface area contributed by atoms with Gasteiger partial charge in [-0.2, -0.15) is 0 Å². The van der Waals surface area contributed by atoms with Crippen LogP contribution in [0.5, 0.6) is 5.75 Å². The van der Waals surface area contributed by atoms with Gasteiger partial charge in [0.1, 0.15) is 5.75 Å². The summed E-state index contributed by atoms with van der Waals surface area (Å²) in [4.78, 5) is 11.9. The van der Waals surface area contributed by atoms with Crippen LogP contribution in [-0.2, 0) is 0 Å². The van der Waals surface area contributed by atoms with Crippen LogP contribution >= 0.6 is 22.6 Å². The van der Waals surface area contributed by atoms with Crippen molar-refractivity contribution in [1.82, 2.24) is 5.32 Å². The number of amides is 1. The van der Waals surface area contributed by atoms with Gasteiger partial charge in [0.2, 0.25) is 0 Å². The van der Waals surface area contributed by atoms with Crippen molar-refractivity contribution in [3.63, 3.8) is 0 Å². The number of aliphatic hydroxyl groups excluding tert-OH is 1. The Labute approximate surface area is 114 Å². The number of hydrogen-bond donors (Lipinski definition) is 3. The molecule has 5 heteroatoms. The van der Waals surface area contributed by atoms with Crippen molar-refractivity contribution in [2.45, 2.75) is 25.8 Å². The van der Waals surface area contributed by atoms with Gasteiger partial charge in [-0.25, -0.2) is 0 Å². The number of phenolic OH excluding ortho intramolecular Hbond substituents is 1. The Morgan fingerprint density at radius 1 is 1.47 bits per heavy atom. The third-order valence-corrected chi connectivity index (χ3v) is 3.31. The van der Waals surface area contributed by atoms with E-state index in [0.29, 0.717) is 15.6 Å². The van der Waals surface area contributed by atoms with E-state index >= 15 is 0 Å². The normalized spacial score (nSPS) is 11.3. The third-order valence-electron chi connectivity index (χ3n) is 2.40. The SMILES string of the molecule is CC(C)(CCO)NC(=O)c1ccc(I)c(O)c1. The summed E-state index contributed by atoms with van der Waals surface area (Å²) in [5, 5.41) is 21.2. The van der Waals surface area contributed by atoms with Crippen LogP contribution in [0.4, 0.5) is 0 Å². The first kappa shape index (κ1) is 14.2. The lowest BCUT2D eigenvalue weighted by Gasteiger charge is -2.25. The largest absolute Gasteiger partial charge is 0.507 e. The van der Waals surface area contributed by atoms with E-state index in [-0.39, 0.29) is 18.3 Å². The molecule has 0 aromatic heterocycles. The van der Waals surface area contributed by atoms with Crippen LogP contribution in [0.25, 0.3) is 0 Å². The monoisotopic (exact) mass is 349 g/mol. The Morgan fingerprint density at radius 2 is 2.12 bits per heavy atom. The van der Waals surface area contributed by atoms with E-state index in [1.807, 2.05) is 36.4 Å². The lowest BCUT2D eigenvalue weighted by Crippen LogP contribution is -2.44. The van der Waals surface area contributed by atoms with Gasteiger partial charge in [-0.1, -0.05) is 0 Å². The molecule has 0 fully saturated rings. The fourth-order valence-electron chi connectivity index (χ4n) is 1.38. The number of hydrogen-bond acceptors (Lipinski definition) is 3. The number of aliphatic hydroxyl groups is 1. The zero-order chi connectivity index (χ0) is 13.1. The summed E-state index contributed by atoms with van der Waals surface area (Å²) in [6.07, 6.45) is 0.481. The second-order valence-corrected chi connectivity index (χ2v) is 5.64. The van der Waals surface area contributed by atoms with Gasteiger partial charge >= 0.3 is 0 Å². The van der Waals surface area contributed by atoms with Gasteiger partial charge in [0.05, 0.1) is 3.57 Å². The Bertz CT molecular complexity index is 418. The molecule has 0 spiro atoms. The molecule has 1 rings (SSSR count). The van der Waals surface area contributed by atoms with Gasteiger partial charge in [-0.15, -0.1) is 0 Å². The summed E-state index contributed by atoms with van der Waals surface area (Å²) < 4.78 is 0.703. The van der Waals surface area contributed by atoms with Crippen LogP contribution in [0.15, 0.2) is 18.2 Å². The zero-order valence-electron chi connectivity index (χ0n) is 9.83. The van der Waals surface area contributed by atoms with Gasteiger partial charge in [-0.3, -0.25) is 4.79 Å². The van der Waals surface area contributed by atoms with Gasteiger partial charge in [0, 0.05) is 17.7 Å². The molecule has 1 amide bonds. The van der Waals surface area contributed by atoms with E-state index in [2.05, 4.69) is 5.32 Å². The molecule has 0 atom stereocenters. The fraction of sp³-hybridized carbons (Fsp3) is 0.417. The Hall–Kier alpha value is -0.820. The van der Waals surface area contributed by atoms with Crippen LogP contribution in [0.1, 0.15) is 30.6 Å². The van der Waals surface area contributed by atoms with Crippen LogP contribution in [0, 0.1) is 3.57 Å². The van der Waals surface area contributed by atoms with Gasteiger partial charge in [0.25, 0.3) is 5.91 Å². The van der Waals surface area contributed by atoms with Gasteiger partial charge < -0.3 is 15.5 Å². The topological polar surface area (TPSA) is 69.6 Å². The van der Waals surface area contributed by atoms with Crippen molar-refractivity contribution in [3.8, 4) is 5.75 Å². The zero-order valence-corrected chi connectivity index (χ0v) is 12.0. The van der Waals surface area contributed by atoms with Crippen LogP contribution < -0.4 is 5.32 Å². The summed E-state index contributed by atoms with van der Waals surface area (Å²) in [6, 6.07) is 4.78. The Kier molecular flexibility index (Phi) is 4.76. The van der Waals surface area contributed by atoms with Gasteiger partial charge in [0.15, 0.2) is 0 Å². The van der Waals surface area contributed by atoms with Crippen molar-refractivity contribution >= 4 is 28.5 Å². The lowest BCUT2D eigenvalue weighted by atomic mass is 10.0. The fourth-order valence-corrected chi connectivity index (χ4v) is 1.71.